The highest BCUT2D eigenvalue weighted by Gasteiger charge is 2.30. The molecule has 1 saturated heterocycles. The van der Waals surface area contributed by atoms with Crippen molar-refractivity contribution in [2.24, 2.45) is 0 Å². The van der Waals surface area contributed by atoms with Gasteiger partial charge in [0.15, 0.2) is 17.3 Å². The van der Waals surface area contributed by atoms with E-state index in [9.17, 15) is 14.7 Å². The zero-order valence-corrected chi connectivity index (χ0v) is 20.3. The maximum Gasteiger partial charge on any atom is 0.223 e. The molecule has 8 nitrogen and oxygen atoms in total. The van der Waals surface area contributed by atoms with Crippen LogP contribution in [-0.4, -0.2) is 62.3 Å². The molecule has 0 aromatic heterocycles. The van der Waals surface area contributed by atoms with E-state index in [0.29, 0.717) is 54.6 Å². The SMILES string of the molecule is CCC(=O)c1ccc(OCCC(=O)N[C@H](C[NH+]2CCCC2)[C@H](O)c2ccc3c(c2)OCCO3)cc1. The number of aliphatic hydroxyl groups excluding tert-OH is 1. The summed E-state index contributed by atoms with van der Waals surface area (Å²) < 4.78 is 16.9. The lowest BCUT2D eigenvalue weighted by atomic mass is 10.0. The number of ether oxygens (including phenoxy) is 3. The van der Waals surface area contributed by atoms with Gasteiger partial charge in [0.25, 0.3) is 0 Å². The number of benzene rings is 2. The summed E-state index contributed by atoms with van der Waals surface area (Å²) in [7, 11) is 0. The minimum absolute atomic E-state index is 0.0821. The monoisotopic (exact) mass is 483 g/mol. The van der Waals surface area contributed by atoms with Gasteiger partial charge in [0.2, 0.25) is 5.91 Å². The van der Waals surface area contributed by atoms with Gasteiger partial charge in [0.05, 0.1) is 26.1 Å². The van der Waals surface area contributed by atoms with E-state index in [0.717, 1.165) is 25.9 Å². The first-order valence-corrected chi connectivity index (χ1v) is 12.5. The van der Waals surface area contributed by atoms with Gasteiger partial charge in [0, 0.05) is 24.8 Å². The summed E-state index contributed by atoms with van der Waals surface area (Å²) in [6.45, 7) is 5.75. The summed E-state index contributed by atoms with van der Waals surface area (Å²) in [5, 5.41) is 14.2. The molecule has 1 amide bonds. The molecule has 188 valence electrons. The third kappa shape index (κ3) is 6.74. The number of hydrogen-bond donors (Lipinski definition) is 3. The van der Waals surface area contributed by atoms with Crippen LogP contribution in [0.25, 0.3) is 0 Å². The number of hydrogen-bond acceptors (Lipinski definition) is 6. The quantitative estimate of drug-likeness (QED) is 0.421. The summed E-state index contributed by atoms with van der Waals surface area (Å²) in [5.41, 5.74) is 1.34. The molecule has 0 bridgehead atoms. The standard InChI is InChI=1S/C27H34N2O6/c1-2-23(30)19-5-8-21(9-6-19)33-14-11-26(31)28-22(18-29-12-3-4-13-29)27(32)20-7-10-24-25(17-20)35-16-15-34-24/h5-10,17,22,27,32H,2-4,11-16,18H2,1H3,(H,28,31)/p+1/t22-,27-/m1/s1. The first-order valence-electron chi connectivity index (χ1n) is 12.5. The predicted octanol–water partition coefficient (Wildman–Crippen LogP) is 1.72. The fourth-order valence-electron chi connectivity index (χ4n) is 4.59. The van der Waals surface area contributed by atoms with Crippen molar-refractivity contribution < 1.29 is 33.8 Å². The highest BCUT2D eigenvalue weighted by molar-refractivity contribution is 5.95. The molecule has 2 aromatic carbocycles. The molecule has 2 atom stereocenters. The number of ketones is 1. The van der Waals surface area contributed by atoms with Crippen LogP contribution in [0.15, 0.2) is 42.5 Å². The molecule has 2 aliphatic heterocycles. The van der Waals surface area contributed by atoms with E-state index >= 15 is 0 Å². The Hall–Kier alpha value is -3.10. The van der Waals surface area contributed by atoms with Gasteiger partial charge in [-0.15, -0.1) is 0 Å². The molecule has 0 unspecified atom stereocenters. The number of aliphatic hydroxyl groups is 1. The van der Waals surface area contributed by atoms with Crippen molar-refractivity contribution >= 4 is 11.7 Å². The van der Waals surface area contributed by atoms with E-state index in [1.165, 1.54) is 4.90 Å². The number of carbonyl (C=O) groups excluding carboxylic acids is 2. The Labute approximate surface area is 206 Å². The Morgan fingerprint density at radius 2 is 1.77 bits per heavy atom. The second-order valence-electron chi connectivity index (χ2n) is 9.08. The van der Waals surface area contributed by atoms with Crippen molar-refractivity contribution in [3.63, 3.8) is 0 Å². The van der Waals surface area contributed by atoms with Gasteiger partial charge in [0.1, 0.15) is 37.7 Å². The highest BCUT2D eigenvalue weighted by Crippen LogP contribution is 2.33. The maximum absolute atomic E-state index is 12.8. The van der Waals surface area contributed by atoms with Gasteiger partial charge in [-0.3, -0.25) is 9.59 Å². The van der Waals surface area contributed by atoms with Crippen molar-refractivity contribution in [2.45, 2.75) is 44.8 Å². The predicted molar refractivity (Wildman–Crippen MR) is 130 cm³/mol. The van der Waals surface area contributed by atoms with E-state index < -0.39 is 12.1 Å². The number of carbonyl (C=O) groups is 2. The minimum atomic E-state index is -0.868. The van der Waals surface area contributed by atoms with E-state index in [1.54, 1.807) is 30.3 Å². The van der Waals surface area contributed by atoms with E-state index in [4.69, 9.17) is 14.2 Å². The molecule has 0 spiro atoms. The minimum Gasteiger partial charge on any atom is -0.493 e. The lowest BCUT2D eigenvalue weighted by molar-refractivity contribution is -0.889. The molecule has 2 aromatic rings. The zero-order chi connectivity index (χ0) is 24.6. The number of likely N-dealkylation sites (tertiary alicyclic amines) is 1. The summed E-state index contributed by atoms with van der Waals surface area (Å²) in [5.74, 6) is 1.80. The molecule has 4 rings (SSSR count). The molecular weight excluding hydrogens is 448 g/mol. The topological polar surface area (TPSA) is 98.5 Å². The van der Waals surface area contributed by atoms with Gasteiger partial charge < -0.3 is 29.5 Å². The molecule has 0 saturated carbocycles. The summed E-state index contributed by atoms with van der Waals surface area (Å²) >= 11 is 0. The van der Waals surface area contributed by atoms with Crippen LogP contribution >= 0.6 is 0 Å². The Morgan fingerprint density at radius 3 is 2.49 bits per heavy atom. The molecular formula is C27H35N2O6+. The van der Waals surface area contributed by atoms with Gasteiger partial charge >= 0.3 is 0 Å². The summed E-state index contributed by atoms with van der Waals surface area (Å²) in [4.78, 5) is 25.9. The average Bonchev–Trinajstić information content (AvgIpc) is 3.40. The van der Waals surface area contributed by atoms with Crippen LogP contribution in [0, 0.1) is 0 Å². The van der Waals surface area contributed by atoms with Gasteiger partial charge in [-0.1, -0.05) is 13.0 Å². The van der Waals surface area contributed by atoms with Crippen LogP contribution in [0.5, 0.6) is 17.2 Å². The van der Waals surface area contributed by atoms with E-state index in [1.807, 2.05) is 19.1 Å². The lowest BCUT2D eigenvalue weighted by Crippen LogP contribution is -3.11. The van der Waals surface area contributed by atoms with Crippen LogP contribution in [-0.2, 0) is 4.79 Å². The second kappa shape index (κ2) is 12.0. The van der Waals surface area contributed by atoms with Gasteiger partial charge in [-0.25, -0.2) is 0 Å². The first kappa shape index (κ1) is 25.0. The number of rotatable bonds is 11. The number of Topliss-reactive ketones (excluding diaryl/α,β-unsaturated/α-hetero) is 1. The Balaban J connectivity index is 1.35. The normalized spacial score (nSPS) is 17.0. The van der Waals surface area contributed by atoms with Crippen LogP contribution < -0.4 is 24.4 Å². The second-order valence-corrected chi connectivity index (χ2v) is 9.08. The van der Waals surface area contributed by atoms with Gasteiger partial charge in [-0.2, -0.15) is 0 Å². The molecule has 2 aliphatic rings. The van der Waals surface area contributed by atoms with Gasteiger partial charge in [-0.05, 0) is 42.0 Å². The fraction of sp³-hybridized carbons (Fsp3) is 0.481. The largest absolute Gasteiger partial charge is 0.493 e. The highest BCUT2D eigenvalue weighted by atomic mass is 16.6. The lowest BCUT2D eigenvalue weighted by Gasteiger charge is -2.27. The summed E-state index contributed by atoms with van der Waals surface area (Å²) in [6, 6.07) is 12.0. The molecule has 0 radical (unpaired) electrons. The van der Waals surface area contributed by atoms with Crippen LogP contribution in [0.1, 0.15) is 54.6 Å². The third-order valence-corrected chi connectivity index (χ3v) is 6.55. The molecule has 3 N–H and O–H groups in total. The van der Waals surface area contributed by atoms with Crippen molar-refractivity contribution in [1.29, 1.82) is 0 Å². The van der Waals surface area contributed by atoms with E-state index in [2.05, 4.69) is 5.32 Å². The summed E-state index contributed by atoms with van der Waals surface area (Å²) in [6.07, 6.45) is 2.07. The van der Waals surface area contributed by atoms with Crippen molar-refractivity contribution in [3.8, 4) is 17.2 Å². The molecule has 35 heavy (non-hydrogen) atoms. The average molecular weight is 484 g/mol. The van der Waals surface area contributed by atoms with Crippen molar-refractivity contribution in [1.82, 2.24) is 5.32 Å². The smallest absolute Gasteiger partial charge is 0.223 e. The number of amides is 1. The Morgan fingerprint density at radius 1 is 1.06 bits per heavy atom. The third-order valence-electron chi connectivity index (χ3n) is 6.55. The molecule has 0 aliphatic carbocycles. The Bertz CT molecular complexity index is 1000. The number of quaternary nitrogens is 1. The van der Waals surface area contributed by atoms with Crippen molar-refractivity contribution in [2.75, 3.05) is 39.5 Å². The maximum atomic E-state index is 12.8. The van der Waals surface area contributed by atoms with Crippen LogP contribution in [0.2, 0.25) is 0 Å². The first-order chi connectivity index (χ1) is 17.0. The van der Waals surface area contributed by atoms with Crippen LogP contribution in [0.3, 0.4) is 0 Å². The number of fused-ring (bicyclic) bond motifs is 1. The molecule has 8 heteroatoms. The number of nitrogens with one attached hydrogen (secondary N) is 2. The van der Waals surface area contributed by atoms with Crippen molar-refractivity contribution in [3.05, 3.63) is 53.6 Å². The molecule has 2 heterocycles. The van der Waals surface area contributed by atoms with E-state index in [-0.39, 0.29) is 24.7 Å². The zero-order valence-electron chi connectivity index (χ0n) is 20.3. The Kier molecular flexibility index (Phi) is 8.60. The molecule has 1 fully saturated rings. The van der Waals surface area contributed by atoms with Crippen LogP contribution in [0.4, 0.5) is 0 Å². The fourth-order valence-corrected chi connectivity index (χ4v) is 4.59.